The number of hydrogen-bond acceptors (Lipinski definition) is 4. The fourth-order valence-corrected chi connectivity index (χ4v) is 3.42. The molecule has 0 radical (unpaired) electrons. The first-order valence-electron chi connectivity index (χ1n) is 9.72. The molecule has 0 unspecified atom stereocenters. The highest BCUT2D eigenvalue weighted by atomic mass is 16.5. The van der Waals surface area contributed by atoms with Crippen LogP contribution in [0.3, 0.4) is 0 Å². The fourth-order valence-electron chi connectivity index (χ4n) is 3.42. The molecule has 0 aliphatic carbocycles. The molecule has 0 bridgehead atoms. The zero-order chi connectivity index (χ0) is 22.5. The number of ether oxygens (including phenoxy) is 1. The van der Waals surface area contributed by atoms with Crippen molar-refractivity contribution in [3.8, 4) is 11.8 Å². The summed E-state index contributed by atoms with van der Waals surface area (Å²) in [7, 11) is 1.35. The van der Waals surface area contributed by atoms with Gasteiger partial charge in [-0.2, -0.15) is 5.26 Å². The second-order valence-corrected chi connectivity index (χ2v) is 7.14. The van der Waals surface area contributed by atoms with Crippen molar-refractivity contribution in [3.05, 3.63) is 88.2 Å². The van der Waals surface area contributed by atoms with E-state index < -0.39 is 11.9 Å². The number of anilines is 1. The van der Waals surface area contributed by atoms with Crippen molar-refractivity contribution in [2.75, 3.05) is 12.4 Å². The van der Waals surface area contributed by atoms with Crippen LogP contribution in [-0.2, 0) is 9.53 Å². The van der Waals surface area contributed by atoms with Crippen molar-refractivity contribution in [1.29, 1.82) is 5.26 Å². The van der Waals surface area contributed by atoms with Gasteiger partial charge in [-0.05, 0) is 68.3 Å². The number of para-hydroxylation sites is 1. The molecule has 0 spiro atoms. The van der Waals surface area contributed by atoms with Crippen molar-refractivity contribution >= 4 is 23.6 Å². The molecule has 156 valence electrons. The third kappa shape index (κ3) is 4.57. The van der Waals surface area contributed by atoms with E-state index in [4.69, 9.17) is 4.74 Å². The Bertz CT molecular complexity index is 1210. The van der Waals surface area contributed by atoms with Gasteiger partial charge in [0.25, 0.3) is 5.91 Å². The number of amides is 1. The van der Waals surface area contributed by atoms with Crippen LogP contribution in [0.5, 0.6) is 0 Å². The second kappa shape index (κ2) is 9.14. The maximum atomic E-state index is 12.6. The van der Waals surface area contributed by atoms with Crippen LogP contribution in [0.4, 0.5) is 5.69 Å². The van der Waals surface area contributed by atoms with Crippen LogP contribution in [0.1, 0.15) is 32.9 Å². The van der Waals surface area contributed by atoms with Crippen LogP contribution in [0, 0.1) is 32.1 Å². The van der Waals surface area contributed by atoms with Crippen LogP contribution < -0.4 is 5.32 Å². The number of carbonyl (C=O) groups is 2. The molecule has 0 atom stereocenters. The predicted octanol–water partition coefficient (Wildman–Crippen LogP) is 4.73. The molecular formula is C25H23N3O3. The number of methoxy groups -OCH3 is 1. The third-order valence-electron chi connectivity index (χ3n) is 5.04. The number of aryl methyl sites for hydroxylation is 2. The van der Waals surface area contributed by atoms with Crippen molar-refractivity contribution in [2.45, 2.75) is 20.8 Å². The normalized spacial score (nSPS) is 11.0. The smallest absolute Gasteiger partial charge is 0.337 e. The minimum Gasteiger partial charge on any atom is -0.465 e. The van der Waals surface area contributed by atoms with Crippen molar-refractivity contribution in [1.82, 2.24) is 4.57 Å². The highest BCUT2D eigenvalue weighted by Crippen LogP contribution is 2.26. The Labute approximate surface area is 181 Å². The molecule has 6 heteroatoms. The molecule has 1 aromatic heterocycles. The highest BCUT2D eigenvalue weighted by Gasteiger charge is 2.16. The Kier molecular flexibility index (Phi) is 6.37. The lowest BCUT2D eigenvalue weighted by Crippen LogP contribution is -2.13. The zero-order valence-electron chi connectivity index (χ0n) is 17.9. The maximum Gasteiger partial charge on any atom is 0.337 e. The first kappa shape index (κ1) is 21.6. The van der Waals surface area contributed by atoms with Crippen LogP contribution in [0.25, 0.3) is 11.8 Å². The summed E-state index contributed by atoms with van der Waals surface area (Å²) in [5.74, 6) is -0.879. The molecule has 1 heterocycles. The topological polar surface area (TPSA) is 84.1 Å². The number of carbonyl (C=O) groups excluding carboxylic acids is 2. The molecule has 2 aromatic carbocycles. The Morgan fingerprint density at radius 1 is 1.06 bits per heavy atom. The molecule has 0 fully saturated rings. The minimum absolute atomic E-state index is 0.00383. The zero-order valence-corrected chi connectivity index (χ0v) is 17.9. The van der Waals surface area contributed by atoms with Gasteiger partial charge in [0, 0.05) is 22.8 Å². The van der Waals surface area contributed by atoms with Crippen LogP contribution in [-0.4, -0.2) is 23.6 Å². The van der Waals surface area contributed by atoms with E-state index in [9.17, 15) is 14.9 Å². The maximum absolute atomic E-state index is 12.6. The fraction of sp³-hybridized carbons (Fsp3) is 0.160. The van der Waals surface area contributed by atoms with Gasteiger partial charge >= 0.3 is 5.97 Å². The number of hydrogen-bond donors (Lipinski definition) is 1. The molecule has 0 saturated heterocycles. The summed E-state index contributed by atoms with van der Waals surface area (Å²) in [6.07, 6.45) is 1.58. The summed E-state index contributed by atoms with van der Waals surface area (Å²) < 4.78 is 6.83. The van der Waals surface area contributed by atoms with Crippen molar-refractivity contribution < 1.29 is 14.3 Å². The average Bonchev–Trinajstić information content (AvgIpc) is 3.05. The monoisotopic (exact) mass is 413 g/mol. The summed E-state index contributed by atoms with van der Waals surface area (Å²) in [5, 5.41) is 12.3. The predicted molar refractivity (Wildman–Crippen MR) is 120 cm³/mol. The lowest BCUT2D eigenvalue weighted by Gasteiger charge is -2.14. The van der Waals surface area contributed by atoms with E-state index in [0.29, 0.717) is 11.3 Å². The lowest BCUT2D eigenvalue weighted by molar-refractivity contribution is -0.112. The van der Waals surface area contributed by atoms with E-state index in [1.54, 1.807) is 30.3 Å². The molecule has 0 saturated carbocycles. The van der Waals surface area contributed by atoms with Gasteiger partial charge < -0.3 is 14.6 Å². The summed E-state index contributed by atoms with van der Waals surface area (Å²) in [4.78, 5) is 24.5. The van der Waals surface area contributed by atoms with E-state index in [-0.39, 0.29) is 5.57 Å². The number of aromatic nitrogens is 1. The van der Waals surface area contributed by atoms with E-state index >= 15 is 0 Å². The molecule has 0 aliphatic rings. The SMILES string of the molecule is COC(=O)c1ccc(C)c(-n2c(C)cc(/C=C(/C#N)C(=O)Nc3ccccc3)c2C)c1. The first-order chi connectivity index (χ1) is 14.8. The first-order valence-corrected chi connectivity index (χ1v) is 9.72. The van der Waals surface area contributed by atoms with Gasteiger partial charge in [-0.1, -0.05) is 24.3 Å². The summed E-state index contributed by atoms with van der Waals surface area (Å²) in [6, 6.07) is 18.3. The molecule has 6 nitrogen and oxygen atoms in total. The Balaban J connectivity index is 2.00. The van der Waals surface area contributed by atoms with Gasteiger partial charge in [0.1, 0.15) is 11.6 Å². The van der Waals surface area contributed by atoms with Crippen LogP contribution in [0.15, 0.2) is 60.2 Å². The number of esters is 1. The Hall–Kier alpha value is -4.11. The molecule has 1 amide bonds. The van der Waals surface area contributed by atoms with E-state index in [1.165, 1.54) is 7.11 Å². The molecule has 3 aromatic rings. The highest BCUT2D eigenvalue weighted by molar-refractivity contribution is 6.09. The van der Waals surface area contributed by atoms with Gasteiger partial charge in [-0.25, -0.2) is 4.79 Å². The standard InChI is InChI=1S/C25H23N3O3/c1-16-10-11-19(25(30)31-4)14-23(16)28-17(2)12-20(18(28)3)13-21(15-26)24(29)27-22-8-6-5-7-9-22/h5-14H,1-4H3,(H,27,29)/b21-13-. The third-order valence-corrected chi connectivity index (χ3v) is 5.04. The number of rotatable bonds is 5. The second-order valence-electron chi connectivity index (χ2n) is 7.14. The van der Waals surface area contributed by atoms with Gasteiger partial charge in [-0.15, -0.1) is 0 Å². The molecule has 3 rings (SSSR count). The summed E-state index contributed by atoms with van der Waals surface area (Å²) in [5.41, 5.74) is 5.40. The quantitative estimate of drug-likeness (QED) is 0.372. The number of benzene rings is 2. The van der Waals surface area contributed by atoms with E-state index in [2.05, 4.69) is 5.32 Å². The largest absolute Gasteiger partial charge is 0.465 e. The van der Waals surface area contributed by atoms with Gasteiger partial charge in [0.15, 0.2) is 0 Å². The summed E-state index contributed by atoms with van der Waals surface area (Å²) >= 11 is 0. The van der Waals surface area contributed by atoms with Crippen LogP contribution >= 0.6 is 0 Å². The van der Waals surface area contributed by atoms with E-state index in [0.717, 1.165) is 28.2 Å². The van der Waals surface area contributed by atoms with E-state index in [1.807, 2.05) is 61.7 Å². The molecule has 0 aliphatic heterocycles. The average molecular weight is 413 g/mol. The number of nitriles is 1. The minimum atomic E-state index is -0.470. The number of nitrogens with zero attached hydrogens (tertiary/aromatic N) is 2. The molecule has 31 heavy (non-hydrogen) atoms. The van der Waals surface area contributed by atoms with Gasteiger partial charge in [-0.3, -0.25) is 4.79 Å². The van der Waals surface area contributed by atoms with Gasteiger partial charge in [0.05, 0.1) is 12.7 Å². The summed E-state index contributed by atoms with van der Waals surface area (Å²) in [6.45, 7) is 5.80. The van der Waals surface area contributed by atoms with Crippen LogP contribution in [0.2, 0.25) is 0 Å². The molecule has 1 N–H and O–H groups in total. The van der Waals surface area contributed by atoms with Crippen molar-refractivity contribution in [3.63, 3.8) is 0 Å². The molecular weight excluding hydrogens is 390 g/mol. The van der Waals surface area contributed by atoms with Gasteiger partial charge in [0.2, 0.25) is 0 Å². The lowest BCUT2D eigenvalue weighted by atomic mass is 10.1. The van der Waals surface area contributed by atoms with Crippen molar-refractivity contribution in [2.24, 2.45) is 0 Å². The number of nitrogens with one attached hydrogen (secondary N) is 1. The Morgan fingerprint density at radius 3 is 2.42 bits per heavy atom. The Morgan fingerprint density at radius 2 is 1.77 bits per heavy atom.